The number of aromatic nitrogens is 1. The highest BCUT2D eigenvalue weighted by molar-refractivity contribution is 6.33. The molecule has 0 N–H and O–H groups in total. The fraction of sp³-hybridized carbons (Fsp3) is 0.0769. The number of halogens is 1. The Morgan fingerprint density at radius 2 is 2.00 bits per heavy atom. The molecule has 2 rings (SSSR count). The number of nitriles is 1. The number of anilines is 2. The maximum absolute atomic E-state index is 9.05. The summed E-state index contributed by atoms with van der Waals surface area (Å²) in [6, 6.07) is 13.0. The molecule has 3 nitrogen and oxygen atoms in total. The highest BCUT2D eigenvalue weighted by Crippen LogP contribution is 2.29. The van der Waals surface area contributed by atoms with E-state index in [1.54, 1.807) is 29.3 Å². The summed E-state index contributed by atoms with van der Waals surface area (Å²) in [4.78, 5) is 6.02. The van der Waals surface area contributed by atoms with Crippen molar-refractivity contribution in [1.82, 2.24) is 4.98 Å². The molecule has 1 heterocycles. The van der Waals surface area contributed by atoms with Gasteiger partial charge in [-0.15, -0.1) is 0 Å². The highest BCUT2D eigenvalue weighted by Gasteiger charge is 2.12. The summed E-state index contributed by atoms with van der Waals surface area (Å²) in [5.41, 5.74) is 1.38. The minimum Gasteiger partial charge on any atom is -0.327 e. The van der Waals surface area contributed by atoms with E-state index in [-0.39, 0.29) is 0 Å². The summed E-state index contributed by atoms with van der Waals surface area (Å²) in [6.07, 6.45) is 1.67. The monoisotopic (exact) mass is 243 g/mol. The molecule has 4 heteroatoms. The molecule has 0 aliphatic heterocycles. The van der Waals surface area contributed by atoms with Crippen LogP contribution in [0.5, 0.6) is 0 Å². The Morgan fingerprint density at radius 3 is 2.71 bits per heavy atom. The van der Waals surface area contributed by atoms with Gasteiger partial charge in [-0.2, -0.15) is 5.26 Å². The van der Waals surface area contributed by atoms with E-state index < -0.39 is 0 Å². The molecule has 0 amide bonds. The van der Waals surface area contributed by atoms with Gasteiger partial charge in [-0.05, 0) is 24.3 Å². The van der Waals surface area contributed by atoms with Crippen LogP contribution in [0.1, 0.15) is 5.56 Å². The number of hydrogen-bond acceptors (Lipinski definition) is 3. The zero-order chi connectivity index (χ0) is 12.3. The third kappa shape index (κ3) is 2.22. The Kier molecular flexibility index (Phi) is 3.27. The topological polar surface area (TPSA) is 39.9 Å². The first-order valence-corrected chi connectivity index (χ1v) is 5.45. The van der Waals surface area contributed by atoms with E-state index in [2.05, 4.69) is 11.1 Å². The van der Waals surface area contributed by atoms with Crippen LogP contribution in [0.4, 0.5) is 11.5 Å². The third-order valence-corrected chi connectivity index (χ3v) is 2.74. The van der Waals surface area contributed by atoms with Gasteiger partial charge >= 0.3 is 0 Å². The zero-order valence-corrected chi connectivity index (χ0v) is 10.0. The number of benzene rings is 1. The number of hydrogen-bond donors (Lipinski definition) is 0. The van der Waals surface area contributed by atoms with Crippen LogP contribution in [0.2, 0.25) is 5.02 Å². The van der Waals surface area contributed by atoms with Gasteiger partial charge in [-0.1, -0.05) is 23.7 Å². The summed E-state index contributed by atoms with van der Waals surface area (Å²) < 4.78 is 0. The van der Waals surface area contributed by atoms with E-state index in [9.17, 15) is 0 Å². The number of rotatable bonds is 2. The molecular formula is C13H10ClN3. The average Bonchev–Trinajstić information content (AvgIpc) is 2.38. The van der Waals surface area contributed by atoms with E-state index in [0.717, 1.165) is 5.69 Å². The fourth-order valence-corrected chi connectivity index (χ4v) is 1.85. The number of pyridine rings is 1. The highest BCUT2D eigenvalue weighted by atomic mass is 35.5. The Bertz CT molecular complexity index is 575. The Morgan fingerprint density at radius 1 is 1.24 bits per heavy atom. The van der Waals surface area contributed by atoms with E-state index in [1.807, 2.05) is 25.2 Å². The van der Waals surface area contributed by atoms with Crippen LogP contribution >= 0.6 is 11.6 Å². The van der Waals surface area contributed by atoms with Crippen LogP contribution in [0.25, 0.3) is 0 Å². The quantitative estimate of drug-likeness (QED) is 0.812. The van der Waals surface area contributed by atoms with Gasteiger partial charge in [0.25, 0.3) is 0 Å². The van der Waals surface area contributed by atoms with Crippen LogP contribution in [0.3, 0.4) is 0 Å². The van der Waals surface area contributed by atoms with Crippen LogP contribution in [0.15, 0.2) is 42.6 Å². The first-order valence-electron chi connectivity index (χ1n) is 5.07. The molecule has 0 aliphatic rings. The number of nitrogens with zero attached hydrogens (tertiary/aromatic N) is 3. The Balaban J connectivity index is 2.48. The molecule has 84 valence electrons. The lowest BCUT2D eigenvalue weighted by Gasteiger charge is -2.20. The van der Waals surface area contributed by atoms with Crippen molar-refractivity contribution in [2.75, 3.05) is 11.9 Å². The van der Waals surface area contributed by atoms with Gasteiger partial charge < -0.3 is 4.90 Å². The van der Waals surface area contributed by atoms with E-state index in [4.69, 9.17) is 16.9 Å². The lowest BCUT2D eigenvalue weighted by molar-refractivity contribution is 1.12. The van der Waals surface area contributed by atoms with Crippen molar-refractivity contribution < 1.29 is 0 Å². The van der Waals surface area contributed by atoms with Gasteiger partial charge in [-0.3, -0.25) is 0 Å². The fourth-order valence-electron chi connectivity index (χ4n) is 1.60. The standard InChI is InChI=1S/C13H10ClN3/c1-17(13-11(14)6-4-8-16-13)12-7-3-2-5-10(12)9-15/h2-8H,1H3. The lowest BCUT2D eigenvalue weighted by Crippen LogP contribution is -2.12. The summed E-state index contributed by atoms with van der Waals surface area (Å²) in [6.45, 7) is 0. The van der Waals surface area contributed by atoms with Gasteiger partial charge in [-0.25, -0.2) is 4.98 Å². The van der Waals surface area contributed by atoms with Crippen molar-refractivity contribution in [1.29, 1.82) is 5.26 Å². The molecule has 0 atom stereocenters. The lowest BCUT2D eigenvalue weighted by atomic mass is 10.2. The molecule has 2 aromatic rings. The molecule has 1 aromatic heterocycles. The van der Waals surface area contributed by atoms with Crippen molar-refractivity contribution in [2.24, 2.45) is 0 Å². The van der Waals surface area contributed by atoms with Crippen molar-refractivity contribution in [2.45, 2.75) is 0 Å². The van der Waals surface area contributed by atoms with Crippen molar-refractivity contribution in [3.63, 3.8) is 0 Å². The van der Waals surface area contributed by atoms with Gasteiger partial charge in [0.05, 0.1) is 16.3 Å². The van der Waals surface area contributed by atoms with Gasteiger partial charge in [0.1, 0.15) is 6.07 Å². The molecule has 0 radical (unpaired) electrons. The summed E-state index contributed by atoms with van der Waals surface area (Å²) >= 11 is 6.08. The predicted molar refractivity (Wildman–Crippen MR) is 68.5 cm³/mol. The minimum atomic E-state index is 0.558. The molecule has 0 fully saturated rings. The molecule has 0 bridgehead atoms. The molecule has 0 unspecified atom stereocenters. The maximum Gasteiger partial charge on any atom is 0.151 e. The molecule has 0 saturated heterocycles. The van der Waals surface area contributed by atoms with Crippen LogP contribution in [0, 0.1) is 11.3 Å². The van der Waals surface area contributed by atoms with Gasteiger partial charge in [0.2, 0.25) is 0 Å². The molecular weight excluding hydrogens is 234 g/mol. The predicted octanol–water partition coefficient (Wildman–Crippen LogP) is 3.37. The smallest absolute Gasteiger partial charge is 0.151 e. The van der Waals surface area contributed by atoms with Crippen molar-refractivity contribution in [3.05, 3.63) is 53.2 Å². The summed E-state index contributed by atoms with van der Waals surface area (Å²) in [7, 11) is 1.84. The van der Waals surface area contributed by atoms with Crippen LogP contribution in [-0.4, -0.2) is 12.0 Å². The second-order valence-corrected chi connectivity index (χ2v) is 3.90. The minimum absolute atomic E-state index is 0.558. The summed E-state index contributed by atoms with van der Waals surface area (Å²) in [5.74, 6) is 0.636. The van der Waals surface area contributed by atoms with E-state index in [1.165, 1.54) is 0 Å². The second kappa shape index (κ2) is 4.86. The second-order valence-electron chi connectivity index (χ2n) is 3.50. The normalized spacial score (nSPS) is 9.71. The van der Waals surface area contributed by atoms with Gasteiger partial charge in [0.15, 0.2) is 5.82 Å². The maximum atomic E-state index is 9.05. The van der Waals surface area contributed by atoms with Crippen LogP contribution in [-0.2, 0) is 0 Å². The Hall–Kier alpha value is -2.05. The molecule has 1 aromatic carbocycles. The van der Waals surface area contributed by atoms with Crippen molar-refractivity contribution in [3.8, 4) is 6.07 Å². The largest absolute Gasteiger partial charge is 0.327 e. The van der Waals surface area contributed by atoms with Gasteiger partial charge in [0, 0.05) is 13.2 Å². The first kappa shape index (κ1) is 11.4. The third-order valence-electron chi connectivity index (χ3n) is 2.44. The summed E-state index contributed by atoms with van der Waals surface area (Å²) in [5, 5.41) is 9.61. The first-order chi connectivity index (χ1) is 8.24. The molecule has 0 spiro atoms. The van der Waals surface area contributed by atoms with Crippen LogP contribution < -0.4 is 4.90 Å². The molecule has 17 heavy (non-hydrogen) atoms. The number of para-hydroxylation sites is 1. The SMILES string of the molecule is CN(c1ccccc1C#N)c1ncccc1Cl. The van der Waals surface area contributed by atoms with E-state index >= 15 is 0 Å². The molecule has 0 saturated carbocycles. The Labute approximate surface area is 105 Å². The van der Waals surface area contributed by atoms with Crippen molar-refractivity contribution >= 4 is 23.1 Å². The zero-order valence-electron chi connectivity index (χ0n) is 9.26. The van der Waals surface area contributed by atoms with E-state index in [0.29, 0.717) is 16.4 Å². The molecule has 0 aliphatic carbocycles. The average molecular weight is 244 g/mol.